The Morgan fingerprint density at radius 1 is 1.15 bits per heavy atom. The number of nitrogens with zero attached hydrogens (tertiary/aromatic N) is 1. The van der Waals surface area contributed by atoms with Crippen molar-refractivity contribution >= 4 is 34.0 Å². The molecule has 1 amide bonds. The highest BCUT2D eigenvalue weighted by Crippen LogP contribution is 2.18. The standard InChI is InChI=1S/C18H20FN3O3S.ClH/c1-22(16-10-11-20-12-16)18(23)13-2-8-17(9-3-13)26(24,25)21-15-6-4-14(19)5-7-15;/h2-9,16,20-21H,10-12H2,1H3;1H. The SMILES string of the molecule is CN(C(=O)c1ccc(S(=O)(=O)Nc2ccc(F)cc2)cc1)C1CCNC1.Cl. The number of halogens is 2. The summed E-state index contributed by atoms with van der Waals surface area (Å²) in [6, 6.07) is 11.0. The number of benzene rings is 2. The number of amides is 1. The van der Waals surface area contributed by atoms with Crippen LogP contribution in [0.5, 0.6) is 0 Å². The number of anilines is 1. The molecule has 27 heavy (non-hydrogen) atoms. The van der Waals surface area contributed by atoms with Crippen LogP contribution >= 0.6 is 12.4 Å². The van der Waals surface area contributed by atoms with Crippen LogP contribution in [0.2, 0.25) is 0 Å². The zero-order chi connectivity index (χ0) is 18.7. The number of rotatable bonds is 5. The van der Waals surface area contributed by atoms with Crippen LogP contribution in [0.25, 0.3) is 0 Å². The molecule has 0 radical (unpaired) electrons. The normalized spacial score (nSPS) is 16.4. The minimum atomic E-state index is -3.81. The van der Waals surface area contributed by atoms with Gasteiger partial charge in [-0.25, -0.2) is 12.8 Å². The lowest BCUT2D eigenvalue weighted by atomic mass is 10.1. The number of nitrogens with one attached hydrogen (secondary N) is 2. The summed E-state index contributed by atoms with van der Waals surface area (Å²) in [4.78, 5) is 14.2. The first-order valence-electron chi connectivity index (χ1n) is 8.23. The lowest BCUT2D eigenvalue weighted by Gasteiger charge is -2.23. The summed E-state index contributed by atoms with van der Waals surface area (Å²) in [5.74, 6) is -0.591. The second kappa shape index (κ2) is 8.69. The molecule has 1 fully saturated rings. The molecule has 0 bridgehead atoms. The molecule has 6 nitrogen and oxygen atoms in total. The third kappa shape index (κ3) is 4.97. The highest BCUT2D eigenvalue weighted by molar-refractivity contribution is 7.92. The van der Waals surface area contributed by atoms with Gasteiger partial charge in [-0.2, -0.15) is 0 Å². The van der Waals surface area contributed by atoms with Gasteiger partial charge in [0.25, 0.3) is 15.9 Å². The Morgan fingerprint density at radius 3 is 2.33 bits per heavy atom. The second-order valence-corrected chi connectivity index (χ2v) is 7.88. The van der Waals surface area contributed by atoms with Crippen molar-refractivity contribution in [3.63, 3.8) is 0 Å². The van der Waals surface area contributed by atoms with E-state index in [1.165, 1.54) is 48.5 Å². The van der Waals surface area contributed by atoms with Crippen LogP contribution in [0.4, 0.5) is 10.1 Å². The zero-order valence-electron chi connectivity index (χ0n) is 14.7. The maximum absolute atomic E-state index is 12.9. The van der Waals surface area contributed by atoms with Crippen LogP contribution in [0.3, 0.4) is 0 Å². The molecule has 0 saturated carbocycles. The van der Waals surface area contributed by atoms with Gasteiger partial charge in [0.1, 0.15) is 5.82 Å². The number of carbonyl (C=O) groups excluding carboxylic acids is 1. The summed E-state index contributed by atoms with van der Waals surface area (Å²) in [7, 11) is -2.06. The lowest BCUT2D eigenvalue weighted by Crippen LogP contribution is -2.38. The van der Waals surface area contributed by atoms with E-state index in [1.54, 1.807) is 11.9 Å². The molecule has 1 unspecified atom stereocenters. The quantitative estimate of drug-likeness (QED) is 0.789. The molecule has 1 aliphatic heterocycles. The van der Waals surface area contributed by atoms with Crippen molar-refractivity contribution < 1.29 is 17.6 Å². The Bertz CT molecular complexity index is 883. The minimum absolute atomic E-state index is 0. The van der Waals surface area contributed by atoms with E-state index in [0.717, 1.165) is 19.5 Å². The van der Waals surface area contributed by atoms with Gasteiger partial charge in [-0.1, -0.05) is 0 Å². The van der Waals surface area contributed by atoms with Gasteiger partial charge in [-0.15, -0.1) is 12.4 Å². The van der Waals surface area contributed by atoms with Gasteiger partial charge in [0.2, 0.25) is 0 Å². The smallest absolute Gasteiger partial charge is 0.261 e. The lowest BCUT2D eigenvalue weighted by molar-refractivity contribution is 0.0743. The van der Waals surface area contributed by atoms with Crippen molar-refractivity contribution in [2.24, 2.45) is 0 Å². The second-order valence-electron chi connectivity index (χ2n) is 6.20. The topological polar surface area (TPSA) is 78.5 Å². The first-order chi connectivity index (χ1) is 12.4. The Balaban J connectivity index is 0.00000261. The summed E-state index contributed by atoms with van der Waals surface area (Å²) in [6.45, 7) is 1.64. The van der Waals surface area contributed by atoms with E-state index in [0.29, 0.717) is 5.56 Å². The zero-order valence-corrected chi connectivity index (χ0v) is 16.3. The molecular weight excluding hydrogens is 393 g/mol. The van der Waals surface area contributed by atoms with Crippen LogP contribution in [0, 0.1) is 5.82 Å². The van der Waals surface area contributed by atoms with E-state index in [4.69, 9.17) is 0 Å². The fraction of sp³-hybridized carbons (Fsp3) is 0.278. The van der Waals surface area contributed by atoms with Gasteiger partial charge < -0.3 is 10.2 Å². The molecule has 0 spiro atoms. The Morgan fingerprint density at radius 2 is 1.78 bits per heavy atom. The van der Waals surface area contributed by atoms with Crippen molar-refractivity contribution in [1.82, 2.24) is 10.2 Å². The highest BCUT2D eigenvalue weighted by atomic mass is 35.5. The molecule has 3 rings (SSSR count). The summed E-state index contributed by atoms with van der Waals surface area (Å²) in [6.07, 6.45) is 0.899. The van der Waals surface area contributed by atoms with E-state index < -0.39 is 15.8 Å². The average molecular weight is 414 g/mol. The average Bonchev–Trinajstić information content (AvgIpc) is 3.17. The molecule has 1 saturated heterocycles. The largest absolute Gasteiger partial charge is 0.337 e. The van der Waals surface area contributed by atoms with Crippen LogP contribution in [-0.4, -0.2) is 45.4 Å². The van der Waals surface area contributed by atoms with Crippen LogP contribution < -0.4 is 10.0 Å². The van der Waals surface area contributed by atoms with Crippen LogP contribution in [0.15, 0.2) is 53.4 Å². The van der Waals surface area contributed by atoms with Gasteiger partial charge in [-0.05, 0) is 61.5 Å². The van der Waals surface area contributed by atoms with Gasteiger partial charge in [-0.3, -0.25) is 9.52 Å². The molecular formula is C18H21ClFN3O3S. The molecule has 2 aromatic rings. The Kier molecular flexibility index (Phi) is 6.80. The van der Waals surface area contributed by atoms with E-state index in [2.05, 4.69) is 10.0 Å². The first-order valence-corrected chi connectivity index (χ1v) is 9.71. The number of likely N-dealkylation sites (N-methyl/N-ethyl adjacent to an activating group) is 1. The van der Waals surface area contributed by atoms with Gasteiger partial charge >= 0.3 is 0 Å². The summed E-state index contributed by atoms with van der Waals surface area (Å²) < 4.78 is 40.1. The maximum atomic E-state index is 12.9. The van der Waals surface area contributed by atoms with E-state index in [-0.39, 0.29) is 34.9 Å². The number of hydrogen-bond donors (Lipinski definition) is 2. The van der Waals surface area contributed by atoms with E-state index >= 15 is 0 Å². The van der Waals surface area contributed by atoms with Crippen LogP contribution in [0.1, 0.15) is 16.8 Å². The molecule has 2 aromatic carbocycles. The van der Waals surface area contributed by atoms with Crippen molar-refractivity contribution in [3.8, 4) is 0 Å². The third-order valence-electron chi connectivity index (χ3n) is 4.41. The highest BCUT2D eigenvalue weighted by Gasteiger charge is 2.24. The summed E-state index contributed by atoms with van der Waals surface area (Å²) >= 11 is 0. The molecule has 0 aliphatic carbocycles. The Labute approximate surface area is 164 Å². The molecule has 2 N–H and O–H groups in total. The van der Waals surface area contributed by atoms with E-state index in [1.807, 2.05) is 0 Å². The van der Waals surface area contributed by atoms with Gasteiger partial charge in [0.15, 0.2) is 0 Å². The van der Waals surface area contributed by atoms with Crippen molar-refractivity contribution in [1.29, 1.82) is 0 Å². The number of sulfonamides is 1. The fourth-order valence-electron chi connectivity index (χ4n) is 2.85. The van der Waals surface area contributed by atoms with E-state index in [9.17, 15) is 17.6 Å². The van der Waals surface area contributed by atoms with Crippen molar-refractivity contribution in [2.45, 2.75) is 17.4 Å². The molecule has 1 atom stereocenters. The van der Waals surface area contributed by atoms with Gasteiger partial charge in [0.05, 0.1) is 4.90 Å². The molecule has 146 valence electrons. The van der Waals surface area contributed by atoms with Crippen molar-refractivity contribution in [2.75, 3.05) is 24.9 Å². The molecule has 9 heteroatoms. The summed E-state index contributed by atoms with van der Waals surface area (Å²) in [5.41, 5.74) is 0.695. The maximum Gasteiger partial charge on any atom is 0.261 e. The molecule has 1 heterocycles. The Hall–Kier alpha value is -2.16. The summed E-state index contributed by atoms with van der Waals surface area (Å²) in [5, 5.41) is 3.21. The predicted molar refractivity (Wildman–Crippen MR) is 104 cm³/mol. The fourth-order valence-corrected chi connectivity index (χ4v) is 3.91. The van der Waals surface area contributed by atoms with Crippen LogP contribution in [-0.2, 0) is 10.0 Å². The predicted octanol–water partition coefficient (Wildman–Crippen LogP) is 2.48. The molecule has 1 aliphatic rings. The monoisotopic (exact) mass is 413 g/mol. The molecule has 0 aromatic heterocycles. The minimum Gasteiger partial charge on any atom is -0.337 e. The number of carbonyl (C=O) groups is 1. The first kappa shape index (κ1) is 21.1. The van der Waals surface area contributed by atoms with Crippen molar-refractivity contribution in [3.05, 3.63) is 59.9 Å². The number of hydrogen-bond acceptors (Lipinski definition) is 4. The third-order valence-corrected chi connectivity index (χ3v) is 5.81. The van der Waals surface area contributed by atoms with Gasteiger partial charge in [0, 0.05) is 30.9 Å².